The highest BCUT2D eigenvalue weighted by atomic mass is 32.2. The van der Waals surface area contributed by atoms with Crippen molar-refractivity contribution >= 4 is 11.8 Å². The topological polar surface area (TPSA) is 49.8 Å². The van der Waals surface area contributed by atoms with Gasteiger partial charge in [-0.15, -0.1) is 11.8 Å². The van der Waals surface area contributed by atoms with E-state index in [2.05, 4.69) is 38.1 Å². The normalized spacial score (nSPS) is 14.2. The Balaban J connectivity index is 2.50. The summed E-state index contributed by atoms with van der Waals surface area (Å²) in [6, 6.07) is 8.54. The molecule has 0 bridgehead atoms. The van der Waals surface area contributed by atoms with Crippen LogP contribution < -0.4 is 5.73 Å². The minimum absolute atomic E-state index is 0.702. The van der Waals surface area contributed by atoms with Gasteiger partial charge in [0.25, 0.3) is 0 Å². The molecule has 0 saturated heterocycles. The molecule has 0 aliphatic rings. The zero-order valence-corrected chi connectivity index (χ0v) is 10.9. The molecule has 0 saturated carbocycles. The highest BCUT2D eigenvalue weighted by Gasteiger charge is 2.16. The first-order valence-electron chi connectivity index (χ1n) is 5.35. The van der Waals surface area contributed by atoms with Gasteiger partial charge in [0.15, 0.2) is 0 Å². The summed E-state index contributed by atoms with van der Waals surface area (Å²) in [7, 11) is 0. The number of thioether (sulfide) groups is 1. The molecule has 1 atom stereocenters. The van der Waals surface area contributed by atoms with Gasteiger partial charge >= 0.3 is 0 Å². The van der Waals surface area contributed by atoms with E-state index < -0.39 is 5.54 Å². The third-order valence-corrected chi connectivity index (χ3v) is 3.62. The van der Waals surface area contributed by atoms with E-state index in [0.717, 1.165) is 5.75 Å². The van der Waals surface area contributed by atoms with E-state index >= 15 is 0 Å². The van der Waals surface area contributed by atoms with Gasteiger partial charge in [-0.3, -0.25) is 0 Å². The largest absolute Gasteiger partial charge is 0.314 e. The monoisotopic (exact) mass is 234 g/mol. The van der Waals surface area contributed by atoms with E-state index in [0.29, 0.717) is 6.42 Å². The molecule has 1 unspecified atom stereocenters. The molecule has 1 rings (SSSR count). The number of hydrogen-bond donors (Lipinski definition) is 1. The molecule has 1 aromatic carbocycles. The van der Waals surface area contributed by atoms with Gasteiger partial charge in [0.2, 0.25) is 0 Å². The zero-order chi connectivity index (χ0) is 12.2. The maximum absolute atomic E-state index is 8.79. The third kappa shape index (κ3) is 3.88. The molecule has 0 amide bonds. The van der Waals surface area contributed by atoms with Crippen LogP contribution in [0.2, 0.25) is 0 Å². The number of aryl methyl sites for hydroxylation is 2. The van der Waals surface area contributed by atoms with Crippen molar-refractivity contribution in [3.05, 3.63) is 29.3 Å². The fourth-order valence-electron chi connectivity index (χ4n) is 1.24. The Hall–Kier alpha value is -0.980. The van der Waals surface area contributed by atoms with E-state index in [1.165, 1.54) is 16.0 Å². The Kier molecular flexibility index (Phi) is 4.40. The Morgan fingerprint density at radius 3 is 2.62 bits per heavy atom. The lowest BCUT2D eigenvalue weighted by Crippen LogP contribution is -2.34. The first kappa shape index (κ1) is 13.1. The zero-order valence-electron chi connectivity index (χ0n) is 10.1. The minimum atomic E-state index is -0.702. The van der Waals surface area contributed by atoms with Gasteiger partial charge in [0.05, 0.1) is 6.07 Å². The lowest BCUT2D eigenvalue weighted by atomic mass is 10.0. The lowest BCUT2D eigenvalue weighted by Gasteiger charge is -2.14. The predicted octanol–water partition coefficient (Wildman–Crippen LogP) is 3.03. The van der Waals surface area contributed by atoms with E-state index in [4.69, 9.17) is 11.0 Å². The van der Waals surface area contributed by atoms with Crippen LogP contribution in [0.5, 0.6) is 0 Å². The summed E-state index contributed by atoms with van der Waals surface area (Å²) in [4.78, 5) is 1.25. The van der Waals surface area contributed by atoms with Crippen LogP contribution >= 0.6 is 11.8 Å². The van der Waals surface area contributed by atoms with Crippen molar-refractivity contribution in [1.29, 1.82) is 5.26 Å². The smallest absolute Gasteiger partial charge is 0.102 e. The van der Waals surface area contributed by atoms with Crippen LogP contribution in [0.1, 0.15) is 24.5 Å². The Bertz CT molecular complexity index is 405. The van der Waals surface area contributed by atoms with Crippen LogP contribution in [0.15, 0.2) is 23.1 Å². The van der Waals surface area contributed by atoms with Crippen LogP contribution in [-0.4, -0.2) is 11.3 Å². The van der Waals surface area contributed by atoms with Gasteiger partial charge in [-0.05, 0) is 50.5 Å². The number of nitrogens with two attached hydrogens (primary N) is 1. The number of rotatable bonds is 4. The van der Waals surface area contributed by atoms with Gasteiger partial charge < -0.3 is 5.73 Å². The van der Waals surface area contributed by atoms with E-state index in [1.54, 1.807) is 18.7 Å². The highest BCUT2D eigenvalue weighted by Crippen LogP contribution is 2.23. The molecular weight excluding hydrogens is 216 g/mol. The summed E-state index contributed by atoms with van der Waals surface area (Å²) in [5.74, 6) is 0.878. The molecule has 0 radical (unpaired) electrons. The second-order valence-electron chi connectivity index (χ2n) is 4.37. The Morgan fingerprint density at radius 2 is 2.06 bits per heavy atom. The van der Waals surface area contributed by atoms with Crippen LogP contribution in [0.25, 0.3) is 0 Å². The van der Waals surface area contributed by atoms with Crippen molar-refractivity contribution in [1.82, 2.24) is 0 Å². The molecule has 0 spiro atoms. The molecule has 0 heterocycles. The summed E-state index contributed by atoms with van der Waals surface area (Å²) in [6.07, 6.45) is 0.709. The quantitative estimate of drug-likeness (QED) is 0.815. The molecule has 86 valence electrons. The van der Waals surface area contributed by atoms with Crippen molar-refractivity contribution in [2.45, 2.75) is 37.6 Å². The molecule has 1 aromatic rings. The second-order valence-corrected chi connectivity index (χ2v) is 5.54. The van der Waals surface area contributed by atoms with Gasteiger partial charge in [-0.2, -0.15) is 5.26 Å². The molecule has 0 aliphatic heterocycles. The van der Waals surface area contributed by atoms with E-state index in [1.807, 2.05) is 0 Å². The second kappa shape index (κ2) is 5.38. The van der Waals surface area contributed by atoms with Crippen LogP contribution in [-0.2, 0) is 0 Å². The van der Waals surface area contributed by atoms with Crippen molar-refractivity contribution in [3.8, 4) is 6.07 Å². The fraction of sp³-hybridized carbons (Fsp3) is 0.462. The van der Waals surface area contributed by atoms with E-state index in [9.17, 15) is 0 Å². The first-order chi connectivity index (χ1) is 7.44. The minimum Gasteiger partial charge on any atom is -0.314 e. The molecule has 0 aliphatic carbocycles. The average Bonchev–Trinajstić information content (AvgIpc) is 2.23. The molecule has 2 nitrogen and oxygen atoms in total. The van der Waals surface area contributed by atoms with Crippen molar-refractivity contribution in [3.63, 3.8) is 0 Å². The number of benzene rings is 1. The van der Waals surface area contributed by atoms with Crippen LogP contribution in [0.4, 0.5) is 0 Å². The summed E-state index contributed by atoms with van der Waals surface area (Å²) in [6.45, 7) is 5.99. The van der Waals surface area contributed by atoms with Crippen LogP contribution in [0.3, 0.4) is 0 Å². The lowest BCUT2D eigenvalue weighted by molar-refractivity contribution is 0.583. The summed E-state index contributed by atoms with van der Waals surface area (Å²) >= 11 is 1.75. The van der Waals surface area contributed by atoms with E-state index in [-0.39, 0.29) is 0 Å². The van der Waals surface area contributed by atoms with Gasteiger partial charge in [0.1, 0.15) is 5.54 Å². The molecule has 2 N–H and O–H groups in total. The average molecular weight is 234 g/mol. The predicted molar refractivity (Wildman–Crippen MR) is 69.5 cm³/mol. The molecular formula is C13H18N2S. The van der Waals surface area contributed by atoms with Crippen LogP contribution in [0, 0.1) is 25.2 Å². The molecule has 3 heteroatoms. The third-order valence-electron chi connectivity index (χ3n) is 2.62. The van der Waals surface area contributed by atoms with Crippen molar-refractivity contribution in [2.75, 3.05) is 5.75 Å². The maximum atomic E-state index is 8.79. The molecule has 0 aromatic heterocycles. The summed E-state index contributed by atoms with van der Waals surface area (Å²) in [5.41, 5.74) is 7.67. The Morgan fingerprint density at radius 1 is 1.38 bits per heavy atom. The van der Waals surface area contributed by atoms with Gasteiger partial charge in [-0.1, -0.05) is 6.07 Å². The number of nitrogens with zero attached hydrogens (tertiary/aromatic N) is 1. The maximum Gasteiger partial charge on any atom is 0.102 e. The van der Waals surface area contributed by atoms with Gasteiger partial charge in [-0.25, -0.2) is 0 Å². The number of hydrogen-bond acceptors (Lipinski definition) is 3. The summed E-state index contributed by atoms with van der Waals surface area (Å²) in [5, 5.41) is 8.79. The Labute approximate surface area is 102 Å². The highest BCUT2D eigenvalue weighted by molar-refractivity contribution is 7.99. The number of nitriles is 1. The summed E-state index contributed by atoms with van der Waals surface area (Å²) < 4.78 is 0. The molecule has 0 fully saturated rings. The first-order valence-corrected chi connectivity index (χ1v) is 6.33. The van der Waals surface area contributed by atoms with Gasteiger partial charge in [0, 0.05) is 10.6 Å². The molecule has 16 heavy (non-hydrogen) atoms. The standard InChI is InChI=1S/C13H18N2S/c1-10-4-5-12(8-11(10)2)16-7-6-13(3,15)9-14/h4-5,8H,6-7,15H2,1-3H3. The van der Waals surface area contributed by atoms with Crippen molar-refractivity contribution in [2.24, 2.45) is 5.73 Å². The SMILES string of the molecule is Cc1ccc(SCCC(C)(N)C#N)cc1C. The van der Waals surface area contributed by atoms with Crippen molar-refractivity contribution < 1.29 is 0 Å². The fourth-order valence-corrected chi connectivity index (χ4v) is 2.43.